The minimum atomic E-state index is -0.0376. The zero-order valence-corrected chi connectivity index (χ0v) is 17.8. The summed E-state index contributed by atoms with van der Waals surface area (Å²) in [5.41, 5.74) is 2.68. The van der Waals surface area contributed by atoms with Crippen LogP contribution in [0.15, 0.2) is 58.5 Å². The van der Waals surface area contributed by atoms with E-state index in [0.29, 0.717) is 22.6 Å². The molecule has 148 valence electrons. The van der Waals surface area contributed by atoms with Crippen molar-refractivity contribution in [2.75, 3.05) is 5.32 Å². The summed E-state index contributed by atoms with van der Waals surface area (Å²) in [6.07, 6.45) is 0.913. The number of nitrogens with zero attached hydrogens (tertiary/aromatic N) is 4. The smallest absolute Gasteiger partial charge is 0.224 e. The molecule has 29 heavy (non-hydrogen) atoms. The van der Waals surface area contributed by atoms with E-state index >= 15 is 0 Å². The fourth-order valence-corrected chi connectivity index (χ4v) is 3.70. The highest BCUT2D eigenvalue weighted by atomic mass is 35.5. The molecule has 1 aliphatic heterocycles. The van der Waals surface area contributed by atoms with Crippen LogP contribution in [0.1, 0.15) is 34.1 Å². The summed E-state index contributed by atoms with van der Waals surface area (Å²) in [4.78, 5) is 19.1. The van der Waals surface area contributed by atoms with Crippen molar-refractivity contribution in [1.82, 2.24) is 9.97 Å². The molecule has 5 nitrogen and oxygen atoms in total. The van der Waals surface area contributed by atoms with Crippen LogP contribution in [0.4, 0.5) is 5.82 Å². The summed E-state index contributed by atoms with van der Waals surface area (Å²) in [5.74, 6) is 1.84. The number of anilines is 1. The number of aromatic nitrogens is 2. The summed E-state index contributed by atoms with van der Waals surface area (Å²) in [6.45, 7) is 8.64. The third-order valence-electron chi connectivity index (χ3n) is 4.92. The van der Waals surface area contributed by atoms with Crippen LogP contribution >= 0.6 is 11.6 Å². The molecule has 0 saturated carbocycles. The number of rotatable bonds is 3. The highest BCUT2D eigenvalue weighted by Gasteiger charge is 2.31. The van der Waals surface area contributed by atoms with E-state index in [1.54, 1.807) is 0 Å². The first-order chi connectivity index (χ1) is 13.9. The number of fused-ring (bicyclic) bond motifs is 1. The number of benzene rings is 2. The van der Waals surface area contributed by atoms with Gasteiger partial charge in [-0.15, -0.1) is 0 Å². The van der Waals surface area contributed by atoms with Crippen molar-refractivity contribution in [3.63, 3.8) is 0 Å². The van der Waals surface area contributed by atoms with Crippen LogP contribution in [0.3, 0.4) is 0 Å². The lowest BCUT2D eigenvalue weighted by atomic mass is 9.85. The summed E-state index contributed by atoms with van der Waals surface area (Å²) >= 11 is 6.39. The largest absolute Gasteiger partial charge is 0.308 e. The van der Waals surface area contributed by atoms with Crippen LogP contribution in [-0.2, 0) is 0 Å². The molecule has 0 radical (unpaired) electrons. The van der Waals surface area contributed by atoms with Gasteiger partial charge in [-0.25, -0.2) is 20.0 Å². The molecule has 1 atom stereocenters. The van der Waals surface area contributed by atoms with Gasteiger partial charge in [0.2, 0.25) is 5.96 Å². The molecule has 1 N–H and O–H groups in total. The maximum absolute atomic E-state index is 6.39. The molecule has 3 aromatic rings. The van der Waals surface area contributed by atoms with Crippen LogP contribution in [0.5, 0.6) is 0 Å². The van der Waals surface area contributed by atoms with E-state index in [2.05, 4.69) is 33.0 Å². The van der Waals surface area contributed by atoms with Gasteiger partial charge in [-0.1, -0.05) is 63.6 Å². The molecule has 2 aromatic carbocycles. The SMILES string of the molecule is CCC1N=C(Nc2nc(-c3ccccc3Cl)nc3ccccc23)N=C1C(C)(C)C. The van der Waals surface area contributed by atoms with Crippen LogP contribution in [-0.4, -0.2) is 27.7 Å². The molecular formula is C23H24ClN5. The molecule has 2 heterocycles. The van der Waals surface area contributed by atoms with E-state index in [9.17, 15) is 0 Å². The summed E-state index contributed by atoms with van der Waals surface area (Å²) in [7, 11) is 0. The van der Waals surface area contributed by atoms with Gasteiger partial charge in [0, 0.05) is 16.4 Å². The van der Waals surface area contributed by atoms with Gasteiger partial charge in [0.1, 0.15) is 5.82 Å². The quantitative estimate of drug-likeness (QED) is 0.581. The van der Waals surface area contributed by atoms with E-state index in [0.717, 1.165) is 28.6 Å². The van der Waals surface area contributed by atoms with Crippen molar-refractivity contribution in [3.8, 4) is 11.4 Å². The van der Waals surface area contributed by atoms with Crippen molar-refractivity contribution in [1.29, 1.82) is 0 Å². The van der Waals surface area contributed by atoms with E-state index < -0.39 is 0 Å². The van der Waals surface area contributed by atoms with Crippen LogP contribution in [0, 0.1) is 5.41 Å². The summed E-state index contributed by atoms with van der Waals surface area (Å²) in [5, 5.41) is 4.88. The highest BCUT2D eigenvalue weighted by molar-refractivity contribution is 6.33. The number of aliphatic imine (C=N–C) groups is 2. The lowest BCUT2D eigenvalue weighted by Crippen LogP contribution is -2.28. The zero-order valence-electron chi connectivity index (χ0n) is 17.1. The van der Waals surface area contributed by atoms with Crippen molar-refractivity contribution >= 4 is 40.0 Å². The molecule has 0 bridgehead atoms. The maximum atomic E-state index is 6.39. The van der Waals surface area contributed by atoms with Gasteiger partial charge in [-0.05, 0) is 30.7 Å². The normalized spacial score (nSPS) is 16.7. The zero-order chi connectivity index (χ0) is 20.6. The molecule has 0 spiro atoms. The van der Waals surface area contributed by atoms with E-state index in [4.69, 9.17) is 31.6 Å². The van der Waals surface area contributed by atoms with Crippen molar-refractivity contribution in [2.45, 2.75) is 40.2 Å². The van der Waals surface area contributed by atoms with Gasteiger partial charge in [-0.2, -0.15) is 0 Å². The average molecular weight is 406 g/mol. The number of hydrogen-bond donors (Lipinski definition) is 1. The Labute approximate surface area is 176 Å². The first kappa shape index (κ1) is 19.5. The highest BCUT2D eigenvalue weighted by Crippen LogP contribution is 2.30. The lowest BCUT2D eigenvalue weighted by molar-refractivity contribution is 0.565. The predicted octanol–water partition coefficient (Wildman–Crippen LogP) is 6.00. The fourth-order valence-electron chi connectivity index (χ4n) is 3.48. The van der Waals surface area contributed by atoms with E-state index in [1.165, 1.54) is 0 Å². The first-order valence-electron chi connectivity index (χ1n) is 9.82. The predicted molar refractivity (Wildman–Crippen MR) is 122 cm³/mol. The van der Waals surface area contributed by atoms with Gasteiger partial charge in [-0.3, -0.25) is 0 Å². The molecule has 1 aromatic heterocycles. The lowest BCUT2D eigenvalue weighted by Gasteiger charge is -2.22. The van der Waals surface area contributed by atoms with Crippen LogP contribution < -0.4 is 5.32 Å². The van der Waals surface area contributed by atoms with Crippen LogP contribution in [0.2, 0.25) is 5.02 Å². The Hall–Kier alpha value is -2.79. The molecule has 0 amide bonds. The van der Waals surface area contributed by atoms with Crippen LogP contribution in [0.25, 0.3) is 22.3 Å². The molecule has 4 rings (SSSR count). The number of para-hydroxylation sites is 1. The summed E-state index contributed by atoms with van der Waals surface area (Å²) in [6, 6.07) is 15.6. The third kappa shape index (κ3) is 3.87. The number of guanidine groups is 1. The molecule has 0 saturated heterocycles. The Morgan fingerprint density at radius 3 is 2.41 bits per heavy atom. The standard InChI is InChI=1S/C23H24ClN5/c1-5-17-19(23(2,3)4)27-22(26-17)29-21-15-11-7-9-13-18(15)25-20(28-21)14-10-6-8-12-16(14)24/h6-13,17H,5H2,1-4H3,(H,25,26,28,29). The number of halogens is 1. The Bertz CT molecular complexity index is 1130. The number of nitrogens with one attached hydrogen (secondary N) is 1. The molecular weight excluding hydrogens is 382 g/mol. The van der Waals surface area contributed by atoms with E-state index in [1.807, 2.05) is 48.5 Å². The van der Waals surface area contributed by atoms with E-state index in [-0.39, 0.29) is 11.5 Å². The molecule has 0 fully saturated rings. The Morgan fingerprint density at radius 2 is 1.72 bits per heavy atom. The Morgan fingerprint density at radius 1 is 1.00 bits per heavy atom. The van der Waals surface area contributed by atoms with Crippen molar-refractivity contribution < 1.29 is 0 Å². The topological polar surface area (TPSA) is 62.5 Å². The second kappa shape index (κ2) is 7.56. The molecule has 0 aliphatic carbocycles. The third-order valence-corrected chi connectivity index (χ3v) is 5.25. The Balaban J connectivity index is 1.80. The molecule has 1 aliphatic rings. The fraction of sp³-hybridized carbons (Fsp3) is 0.304. The second-order valence-electron chi connectivity index (χ2n) is 8.14. The minimum absolute atomic E-state index is 0.0376. The summed E-state index contributed by atoms with van der Waals surface area (Å²) < 4.78 is 0. The average Bonchev–Trinajstić information content (AvgIpc) is 3.12. The number of hydrogen-bond acceptors (Lipinski definition) is 5. The van der Waals surface area contributed by atoms with Gasteiger partial charge < -0.3 is 5.32 Å². The van der Waals surface area contributed by atoms with Gasteiger partial charge in [0.15, 0.2) is 5.82 Å². The van der Waals surface area contributed by atoms with Crippen molar-refractivity contribution in [3.05, 3.63) is 53.6 Å². The van der Waals surface area contributed by atoms with Gasteiger partial charge in [0.25, 0.3) is 0 Å². The maximum Gasteiger partial charge on any atom is 0.224 e. The molecule has 6 heteroatoms. The Kier molecular flexibility index (Phi) is 5.09. The van der Waals surface area contributed by atoms with Gasteiger partial charge >= 0.3 is 0 Å². The second-order valence-corrected chi connectivity index (χ2v) is 8.55. The minimum Gasteiger partial charge on any atom is -0.308 e. The van der Waals surface area contributed by atoms with Gasteiger partial charge in [0.05, 0.1) is 22.3 Å². The van der Waals surface area contributed by atoms with Crippen molar-refractivity contribution in [2.24, 2.45) is 15.4 Å². The molecule has 1 unspecified atom stereocenters. The first-order valence-corrected chi connectivity index (χ1v) is 10.2. The monoisotopic (exact) mass is 405 g/mol.